The van der Waals surface area contributed by atoms with Crippen molar-refractivity contribution in [1.29, 1.82) is 0 Å². The van der Waals surface area contributed by atoms with E-state index in [1.54, 1.807) is 0 Å². The predicted molar refractivity (Wildman–Crippen MR) is 92.7 cm³/mol. The molecule has 0 radical (unpaired) electrons. The fourth-order valence-corrected chi connectivity index (χ4v) is 3.05. The van der Waals surface area contributed by atoms with Gasteiger partial charge in [0.25, 0.3) is 0 Å². The molecule has 0 aromatic heterocycles. The van der Waals surface area contributed by atoms with E-state index in [4.69, 9.17) is 9.47 Å². The lowest BCUT2D eigenvalue weighted by Crippen LogP contribution is -2.54. The van der Waals surface area contributed by atoms with Crippen molar-refractivity contribution in [2.75, 3.05) is 26.3 Å². The lowest BCUT2D eigenvalue weighted by molar-refractivity contribution is -0.163. The number of esters is 1. The van der Waals surface area contributed by atoms with Crippen molar-refractivity contribution in [3.8, 4) is 0 Å². The first kappa shape index (κ1) is 16.7. The molecule has 0 atom stereocenters. The van der Waals surface area contributed by atoms with Crippen molar-refractivity contribution in [3.63, 3.8) is 0 Å². The quantitative estimate of drug-likeness (QED) is 0.734. The summed E-state index contributed by atoms with van der Waals surface area (Å²) in [5.74, 6) is -0.280. The minimum atomic E-state index is -0.280. The zero-order chi connectivity index (χ0) is 16.8. The number of hydrogen-bond acceptors (Lipinski definition) is 4. The van der Waals surface area contributed by atoms with Gasteiger partial charge in [0.05, 0.1) is 6.04 Å². The van der Waals surface area contributed by atoms with E-state index in [2.05, 4.69) is 53.4 Å². The van der Waals surface area contributed by atoms with E-state index in [1.807, 2.05) is 19.1 Å². The molecule has 0 aliphatic carbocycles. The summed E-state index contributed by atoms with van der Waals surface area (Å²) in [5, 5.41) is 0. The van der Waals surface area contributed by atoms with Crippen LogP contribution in [-0.4, -0.2) is 43.3 Å². The molecular formula is C20H23NO3. The molecular weight excluding hydrogens is 302 g/mol. The molecule has 1 fully saturated rings. The average Bonchev–Trinajstić information content (AvgIpc) is 2.60. The summed E-state index contributed by atoms with van der Waals surface area (Å²) in [4.78, 5) is 14.0. The summed E-state index contributed by atoms with van der Waals surface area (Å²) in [6.07, 6.45) is -0.0483. The molecule has 0 N–H and O–H groups in total. The normalized spacial score (nSPS) is 15.2. The molecule has 2 aromatic carbocycles. The molecule has 0 amide bonds. The van der Waals surface area contributed by atoms with Gasteiger partial charge in [0, 0.05) is 19.7 Å². The third-order valence-corrected chi connectivity index (χ3v) is 4.19. The van der Waals surface area contributed by atoms with Crippen LogP contribution in [0.1, 0.15) is 24.1 Å². The Labute approximate surface area is 143 Å². The molecule has 1 saturated heterocycles. The van der Waals surface area contributed by atoms with Crippen molar-refractivity contribution >= 4 is 5.97 Å². The van der Waals surface area contributed by atoms with Crippen LogP contribution in [0.3, 0.4) is 0 Å². The third kappa shape index (κ3) is 4.02. The Morgan fingerprint density at radius 2 is 1.58 bits per heavy atom. The Morgan fingerprint density at radius 3 is 2.08 bits per heavy atom. The maximum absolute atomic E-state index is 11.7. The molecule has 1 aliphatic rings. The van der Waals surface area contributed by atoms with Crippen LogP contribution in [0.15, 0.2) is 60.7 Å². The van der Waals surface area contributed by atoms with Crippen LogP contribution in [0.25, 0.3) is 0 Å². The number of ether oxygens (including phenoxy) is 2. The minimum Gasteiger partial charge on any atom is -0.458 e. The van der Waals surface area contributed by atoms with Gasteiger partial charge in [-0.2, -0.15) is 0 Å². The van der Waals surface area contributed by atoms with Crippen LogP contribution in [0.2, 0.25) is 0 Å². The van der Waals surface area contributed by atoms with E-state index in [0.29, 0.717) is 6.61 Å². The lowest BCUT2D eigenvalue weighted by atomic mass is 9.94. The molecule has 1 heterocycles. The summed E-state index contributed by atoms with van der Waals surface area (Å²) in [6.45, 7) is 3.91. The summed E-state index contributed by atoms with van der Waals surface area (Å²) in [7, 11) is 0. The van der Waals surface area contributed by atoms with E-state index >= 15 is 0 Å². The van der Waals surface area contributed by atoms with Crippen LogP contribution >= 0.6 is 0 Å². The van der Waals surface area contributed by atoms with Gasteiger partial charge >= 0.3 is 5.97 Å². The average molecular weight is 325 g/mol. The summed E-state index contributed by atoms with van der Waals surface area (Å²) in [5.41, 5.74) is 2.51. The highest BCUT2D eigenvalue weighted by molar-refractivity contribution is 5.71. The van der Waals surface area contributed by atoms with Crippen molar-refractivity contribution in [1.82, 2.24) is 4.90 Å². The third-order valence-electron chi connectivity index (χ3n) is 4.19. The molecule has 4 nitrogen and oxygen atoms in total. The van der Waals surface area contributed by atoms with Crippen LogP contribution in [-0.2, 0) is 14.3 Å². The zero-order valence-electron chi connectivity index (χ0n) is 13.9. The van der Waals surface area contributed by atoms with E-state index in [0.717, 1.165) is 13.1 Å². The number of carbonyl (C=O) groups is 1. The molecule has 2 aromatic rings. The standard InChI is InChI=1S/C20H23NO3/c1-2-23-15-19(22)24-18-13-21(14-18)20(16-9-5-3-6-10-16)17-11-7-4-8-12-17/h3-12,18,20H,2,13-15H2,1H3. The maximum Gasteiger partial charge on any atom is 0.332 e. The highest BCUT2D eigenvalue weighted by atomic mass is 16.6. The van der Waals surface area contributed by atoms with Gasteiger partial charge in [-0.05, 0) is 18.1 Å². The first-order valence-electron chi connectivity index (χ1n) is 8.39. The molecule has 4 heteroatoms. The van der Waals surface area contributed by atoms with Gasteiger partial charge in [0.2, 0.25) is 0 Å². The van der Waals surface area contributed by atoms with Crippen molar-refractivity contribution in [3.05, 3.63) is 71.8 Å². The Balaban J connectivity index is 1.65. The van der Waals surface area contributed by atoms with E-state index in [1.165, 1.54) is 11.1 Å². The van der Waals surface area contributed by atoms with Gasteiger partial charge in [-0.15, -0.1) is 0 Å². The second kappa shape index (κ2) is 8.08. The molecule has 0 bridgehead atoms. The smallest absolute Gasteiger partial charge is 0.332 e. The van der Waals surface area contributed by atoms with Gasteiger partial charge in [0.15, 0.2) is 0 Å². The Hall–Kier alpha value is -2.17. The summed E-state index contributed by atoms with van der Waals surface area (Å²) in [6, 6.07) is 21.1. The Morgan fingerprint density at radius 1 is 1.04 bits per heavy atom. The number of nitrogens with zero attached hydrogens (tertiary/aromatic N) is 1. The van der Waals surface area contributed by atoms with Gasteiger partial charge in [-0.3, -0.25) is 4.90 Å². The molecule has 0 saturated carbocycles. The first-order chi connectivity index (χ1) is 11.8. The zero-order valence-corrected chi connectivity index (χ0v) is 13.9. The second-order valence-electron chi connectivity index (χ2n) is 5.93. The lowest BCUT2D eigenvalue weighted by Gasteiger charge is -2.44. The Kier molecular flexibility index (Phi) is 5.62. The maximum atomic E-state index is 11.7. The SMILES string of the molecule is CCOCC(=O)OC1CN(C(c2ccccc2)c2ccccc2)C1. The van der Waals surface area contributed by atoms with Gasteiger partial charge in [-0.1, -0.05) is 60.7 Å². The van der Waals surface area contributed by atoms with Crippen LogP contribution in [0, 0.1) is 0 Å². The number of rotatable bonds is 7. The monoisotopic (exact) mass is 325 g/mol. The van der Waals surface area contributed by atoms with Crippen LogP contribution in [0.5, 0.6) is 0 Å². The summed E-state index contributed by atoms with van der Waals surface area (Å²) >= 11 is 0. The largest absolute Gasteiger partial charge is 0.458 e. The fraction of sp³-hybridized carbons (Fsp3) is 0.350. The molecule has 1 aliphatic heterocycles. The highest BCUT2D eigenvalue weighted by Crippen LogP contribution is 2.32. The van der Waals surface area contributed by atoms with E-state index in [-0.39, 0.29) is 24.7 Å². The molecule has 0 spiro atoms. The predicted octanol–water partition coefficient (Wildman–Crippen LogP) is 3.04. The summed E-state index contributed by atoms with van der Waals surface area (Å²) < 4.78 is 10.5. The van der Waals surface area contributed by atoms with E-state index in [9.17, 15) is 4.79 Å². The number of likely N-dealkylation sites (tertiary alicyclic amines) is 1. The van der Waals surface area contributed by atoms with Crippen LogP contribution in [0.4, 0.5) is 0 Å². The molecule has 0 unspecified atom stereocenters. The topological polar surface area (TPSA) is 38.8 Å². The number of hydrogen-bond donors (Lipinski definition) is 0. The number of benzene rings is 2. The van der Waals surface area contributed by atoms with Gasteiger partial charge < -0.3 is 9.47 Å². The molecule has 3 rings (SSSR count). The van der Waals surface area contributed by atoms with E-state index < -0.39 is 0 Å². The van der Waals surface area contributed by atoms with Crippen molar-refractivity contribution in [2.45, 2.75) is 19.1 Å². The van der Waals surface area contributed by atoms with Crippen molar-refractivity contribution < 1.29 is 14.3 Å². The van der Waals surface area contributed by atoms with Gasteiger partial charge in [-0.25, -0.2) is 4.79 Å². The minimum absolute atomic E-state index is 0.0355. The number of carbonyl (C=O) groups excluding carboxylic acids is 1. The van der Waals surface area contributed by atoms with Crippen LogP contribution < -0.4 is 0 Å². The second-order valence-corrected chi connectivity index (χ2v) is 5.93. The molecule has 126 valence electrons. The van der Waals surface area contributed by atoms with Crippen molar-refractivity contribution in [2.24, 2.45) is 0 Å². The first-order valence-corrected chi connectivity index (χ1v) is 8.39. The molecule has 24 heavy (non-hydrogen) atoms. The highest BCUT2D eigenvalue weighted by Gasteiger charge is 2.36. The Bertz CT molecular complexity index is 599. The van der Waals surface area contributed by atoms with Gasteiger partial charge in [0.1, 0.15) is 12.7 Å². The fourth-order valence-electron chi connectivity index (χ4n) is 3.05.